The Labute approximate surface area is 161 Å². The molecule has 0 aromatic heterocycles. The zero-order valence-electron chi connectivity index (χ0n) is 13.9. The summed E-state index contributed by atoms with van der Waals surface area (Å²) in [4.78, 5) is 16.5. The molecule has 0 atom stereocenters. The van der Waals surface area contributed by atoms with Gasteiger partial charge in [-0.3, -0.25) is 9.69 Å². The SMILES string of the molecule is N#Cc1c(F)cccc1CN1CCN(C(=O)c2c(Cl)cccc2Cl)CC1. The van der Waals surface area contributed by atoms with Crippen molar-refractivity contribution in [2.24, 2.45) is 0 Å². The second-order valence-corrected chi connectivity index (χ2v) is 6.87. The normalized spacial score (nSPS) is 14.9. The van der Waals surface area contributed by atoms with Crippen molar-refractivity contribution in [3.63, 3.8) is 0 Å². The maximum atomic E-state index is 13.7. The van der Waals surface area contributed by atoms with E-state index in [0.29, 0.717) is 53.9 Å². The predicted octanol–water partition coefficient (Wildman–Crippen LogP) is 3.96. The molecular weight excluding hydrogens is 376 g/mol. The van der Waals surface area contributed by atoms with Gasteiger partial charge in [-0.2, -0.15) is 5.26 Å². The van der Waals surface area contributed by atoms with Crippen LogP contribution in [0.5, 0.6) is 0 Å². The first kappa shape index (κ1) is 18.7. The molecule has 3 rings (SSSR count). The third kappa shape index (κ3) is 3.83. The highest BCUT2D eigenvalue weighted by Crippen LogP contribution is 2.26. The zero-order chi connectivity index (χ0) is 18.7. The van der Waals surface area contributed by atoms with E-state index in [1.807, 2.05) is 6.07 Å². The monoisotopic (exact) mass is 391 g/mol. The Kier molecular flexibility index (Phi) is 5.77. The maximum absolute atomic E-state index is 13.7. The molecule has 1 heterocycles. The Balaban J connectivity index is 1.66. The van der Waals surface area contributed by atoms with E-state index in [1.54, 1.807) is 35.2 Å². The van der Waals surface area contributed by atoms with Crippen LogP contribution in [-0.4, -0.2) is 41.9 Å². The fraction of sp³-hybridized carbons (Fsp3) is 0.263. The minimum Gasteiger partial charge on any atom is -0.336 e. The molecule has 0 radical (unpaired) electrons. The molecule has 1 fully saturated rings. The minimum atomic E-state index is -0.507. The van der Waals surface area contributed by atoms with Gasteiger partial charge in [-0.1, -0.05) is 41.4 Å². The molecule has 134 valence electrons. The molecule has 0 N–H and O–H groups in total. The van der Waals surface area contributed by atoms with Crippen LogP contribution in [0.15, 0.2) is 36.4 Å². The van der Waals surface area contributed by atoms with Crippen molar-refractivity contribution in [3.8, 4) is 6.07 Å². The Bertz CT molecular complexity index is 853. The summed E-state index contributed by atoms with van der Waals surface area (Å²) in [5.74, 6) is -0.698. The van der Waals surface area contributed by atoms with Gasteiger partial charge >= 0.3 is 0 Å². The lowest BCUT2D eigenvalue weighted by atomic mass is 10.1. The van der Waals surface area contributed by atoms with Crippen LogP contribution in [0.2, 0.25) is 10.0 Å². The second-order valence-electron chi connectivity index (χ2n) is 6.05. The summed E-state index contributed by atoms with van der Waals surface area (Å²) in [5, 5.41) is 9.81. The van der Waals surface area contributed by atoms with Crippen LogP contribution in [0.25, 0.3) is 0 Å². The van der Waals surface area contributed by atoms with E-state index in [9.17, 15) is 9.18 Å². The molecule has 0 spiro atoms. The predicted molar refractivity (Wildman–Crippen MR) is 98.8 cm³/mol. The number of hydrogen-bond acceptors (Lipinski definition) is 3. The van der Waals surface area contributed by atoms with Crippen LogP contribution >= 0.6 is 23.2 Å². The van der Waals surface area contributed by atoms with Crippen LogP contribution in [-0.2, 0) is 6.54 Å². The van der Waals surface area contributed by atoms with Crippen LogP contribution < -0.4 is 0 Å². The fourth-order valence-corrected chi connectivity index (χ4v) is 3.60. The van der Waals surface area contributed by atoms with Crippen molar-refractivity contribution in [3.05, 3.63) is 69.0 Å². The van der Waals surface area contributed by atoms with Crippen molar-refractivity contribution in [2.45, 2.75) is 6.54 Å². The van der Waals surface area contributed by atoms with Gasteiger partial charge in [-0.15, -0.1) is 0 Å². The number of rotatable bonds is 3. The smallest absolute Gasteiger partial charge is 0.256 e. The molecule has 7 heteroatoms. The van der Waals surface area contributed by atoms with E-state index < -0.39 is 5.82 Å². The molecule has 0 bridgehead atoms. The Morgan fingerprint density at radius 3 is 2.31 bits per heavy atom. The molecule has 26 heavy (non-hydrogen) atoms. The number of piperazine rings is 1. The maximum Gasteiger partial charge on any atom is 0.256 e. The number of amides is 1. The molecule has 1 aliphatic heterocycles. The first-order valence-corrected chi connectivity index (χ1v) is 8.90. The van der Waals surface area contributed by atoms with Crippen LogP contribution in [0.3, 0.4) is 0 Å². The Morgan fingerprint density at radius 2 is 1.69 bits per heavy atom. The molecule has 2 aromatic rings. The number of nitriles is 1. The van der Waals surface area contributed by atoms with Gasteiger partial charge in [0.25, 0.3) is 5.91 Å². The van der Waals surface area contributed by atoms with E-state index in [4.69, 9.17) is 28.5 Å². The molecule has 4 nitrogen and oxygen atoms in total. The number of carbonyl (C=O) groups is 1. The third-order valence-electron chi connectivity index (χ3n) is 4.44. The van der Waals surface area contributed by atoms with Gasteiger partial charge in [0.15, 0.2) is 0 Å². The summed E-state index contributed by atoms with van der Waals surface area (Å²) >= 11 is 12.2. The van der Waals surface area contributed by atoms with Crippen LogP contribution in [0.4, 0.5) is 4.39 Å². The zero-order valence-corrected chi connectivity index (χ0v) is 15.4. The fourth-order valence-electron chi connectivity index (χ4n) is 3.04. The van der Waals surface area contributed by atoms with E-state index >= 15 is 0 Å². The quantitative estimate of drug-likeness (QED) is 0.795. The lowest BCUT2D eigenvalue weighted by Crippen LogP contribution is -2.48. The second kappa shape index (κ2) is 8.05. The van der Waals surface area contributed by atoms with Crippen molar-refractivity contribution < 1.29 is 9.18 Å². The molecule has 2 aromatic carbocycles. The van der Waals surface area contributed by atoms with Gasteiger partial charge < -0.3 is 4.90 Å². The van der Waals surface area contributed by atoms with Crippen molar-refractivity contribution >= 4 is 29.1 Å². The first-order valence-electron chi connectivity index (χ1n) is 8.14. The summed E-state index contributed by atoms with van der Waals surface area (Å²) in [7, 11) is 0. The van der Waals surface area contributed by atoms with Gasteiger partial charge in [0, 0.05) is 32.7 Å². The molecule has 0 saturated carbocycles. The highest BCUT2D eigenvalue weighted by Gasteiger charge is 2.25. The topological polar surface area (TPSA) is 47.3 Å². The van der Waals surface area contributed by atoms with Crippen molar-refractivity contribution in [1.29, 1.82) is 5.26 Å². The summed E-state index contributed by atoms with van der Waals surface area (Å²) in [6.45, 7) is 2.73. The number of benzene rings is 2. The molecular formula is C19H16Cl2FN3O. The molecule has 1 saturated heterocycles. The van der Waals surface area contributed by atoms with Gasteiger partial charge in [0.05, 0.1) is 21.2 Å². The van der Waals surface area contributed by atoms with Crippen LogP contribution in [0, 0.1) is 17.1 Å². The Hall–Kier alpha value is -2.13. The van der Waals surface area contributed by atoms with E-state index in [-0.39, 0.29) is 11.5 Å². The summed E-state index contributed by atoms with van der Waals surface area (Å²) in [5.41, 5.74) is 1.05. The number of hydrogen-bond donors (Lipinski definition) is 0. The van der Waals surface area contributed by atoms with Gasteiger partial charge in [-0.05, 0) is 23.8 Å². The van der Waals surface area contributed by atoms with Gasteiger partial charge in [0.2, 0.25) is 0 Å². The Morgan fingerprint density at radius 1 is 1.08 bits per heavy atom. The summed E-state index contributed by atoms with van der Waals surface area (Å²) in [6.07, 6.45) is 0. The number of halogens is 3. The van der Waals surface area contributed by atoms with Gasteiger partial charge in [0.1, 0.15) is 11.9 Å². The van der Waals surface area contributed by atoms with Crippen molar-refractivity contribution in [1.82, 2.24) is 9.80 Å². The van der Waals surface area contributed by atoms with E-state index in [2.05, 4.69) is 4.90 Å². The number of carbonyl (C=O) groups excluding carboxylic acids is 1. The highest BCUT2D eigenvalue weighted by molar-refractivity contribution is 6.39. The summed E-state index contributed by atoms with van der Waals surface area (Å²) in [6, 6.07) is 11.5. The highest BCUT2D eigenvalue weighted by atomic mass is 35.5. The largest absolute Gasteiger partial charge is 0.336 e. The average molecular weight is 392 g/mol. The average Bonchev–Trinajstić information content (AvgIpc) is 2.62. The molecule has 1 amide bonds. The lowest BCUT2D eigenvalue weighted by molar-refractivity contribution is 0.0628. The van der Waals surface area contributed by atoms with E-state index in [0.717, 1.165) is 0 Å². The molecule has 1 aliphatic rings. The standard InChI is InChI=1S/C19H16Cl2FN3O/c20-15-4-2-5-16(21)18(15)19(26)25-9-7-24(8-10-25)12-13-3-1-6-17(22)14(13)11-23/h1-6H,7-10,12H2. The first-order chi connectivity index (χ1) is 12.5. The van der Waals surface area contributed by atoms with Crippen LogP contribution in [0.1, 0.15) is 21.5 Å². The van der Waals surface area contributed by atoms with Gasteiger partial charge in [-0.25, -0.2) is 4.39 Å². The van der Waals surface area contributed by atoms with Crippen molar-refractivity contribution in [2.75, 3.05) is 26.2 Å². The summed E-state index contributed by atoms with van der Waals surface area (Å²) < 4.78 is 13.7. The third-order valence-corrected chi connectivity index (χ3v) is 5.07. The minimum absolute atomic E-state index is 0.0776. The molecule has 0 unspecified atom stereocenters. The van der Waals surface area contributed by atoms with E-state index in [1.165, 1.54) is 6.07 Å². The lowest BCUT2D eigenvalue weighted by Gasteiger charge is -2.35. The molecule has 0 aliphatic carbocycles. The number of nitrogens with zero attached hydrogens (tertiary/aromatic N) is 3.